The van der Waals surface area contributed by atoms with E-state index in [2.05, 4.69) is 10.4 Å². The normalized spacial score (nSPS) is 11.8. The SMILES string of the molecule is NCCNCC(Cc1ccc(F)cc1)=NN. The summed E-state index contributed by atoms with van der Waals surface area (Å²) in [5, 5.41) is 6.80. The highest BCUT2D eigenvalue weighted by Crippen LogP contribution is 2.04. The van der Waals surface area contributed by atoms with E-state index in [0.717, 1.165) is 17.8 Å². The summed E-state index contributed by atoms with van der Waals surface area (Å²) in [6.45, 7) is 1.90. The molecule has 0 heterocycles. The third-order valence-corrected chi connectivity index (χ3v) is 2.15. The van der Waals surface area contributed by atoms with Crippen molar-refractivity contribution in [2.75, 3.05) is 19.6 Å². The monoisotopic (exact) mass is 224 g/mol. The van der Waals surface area contributed by atoms with E-state index in [1.807, 2.05) is 0 Å². The van der Waals surface area contributed by atoms with Crippen LogP contribution in [0.2, 0.25) is 0 Å². The number of nitrogens with two attached hydrogens (primary N) is 2. The maximum absolute atomic E-state index is 12.7. The molecule has 1 rings (SSSR count). The van der Waals surface area contributed by atoms with Crippen molar-refractivity contribution in [2.45, 2.75) is 6.42 Å². The Kier molecular flexibility index (Phi) is 5.45. The van der Waals surface area contributed by atoms with Crippen molar-refractivity contribution in [3.63, 3.8) is 0 Å². The van der Waals surface area contributed by atoms with Crippen LogP contribution in [0.25, 0.3) is 0 Å². The molecule has 1 aromatic rings. The van der Waals surface area contributed by atoms with Crippen molar-refractivity contribution in [3.05, 3.63) is 35.6 Å². The van der Waals surface area contributed by atoms with Gasteiger partial charge in [-0.2, -0.15) is 5.10 Å². The highest BCUT2D eigenvalue weighted by Gasteiger charge is 2.01. The van der Waals surface area contributed by atoms with Gasteiger partial charge in [-0.3, -0.25) is 0 Å². The molecule has 0 bridgehead atoms. The van der Waals surface area contributed by atoms with Gasteiger partial charge in [-0.1, -0.05) is 12.1 Å². The second-order valence-corrected chi connectivity index (χ2v) is 3.46. The van der Waals surface area contributed by atoms with Gasteiger partial charge in [0.1, 0.15) is 5.82 Å². The third-order valence-electron chi connectivity index (χ3n) is 2.15. The number of halogens is 1. The summed E-state index contributed by atoms with van der Waals surface area (Å²) in [6.07, 6.45) is 0.619. The molecule has 88 valence electrons. The van der Waals surface area contributed by atoms with Crippen molar-refractivity contribution >= 4 is 5.71 Å². The standard InChI is InChI=1S/C11H17FN4/c12-10-3-1-9(2-4-10)7-11(16-14)8-15-6-5-13/h1-4,15H,5-8,13-14H2. The molecule has 1 aromatic carbocycles. The first-order valence-corrected chi connectivity index (χ1v) is 5.17. The number of hydrogen-bond donors (Lipinski definition) is 3. The van der Waals surface area contributed by atoms with E-state index in [9.17, 15) is 4.39 Å². The Hall–Kier alpha value is -1.46. The molecular formula is C11H17FN4. The predicted molar refractivity (Wildman–Crippen MR) is 63.7 cm³/mol. The van der Waals surface area contributed by atoms with Gasteiger partial charge in [0.05, 0.1) is 5.71 Å². The van der Waals surface area contributed by atoms with E-state index in [1.165, 1.54) is 12.1 Å². The van der Waals surface area contributed by atoms with E-state index >= 15 is 0 Å². The second-order valence-electron chi connectivity index (χ2n) is 3.46. The van der Waals surface area contributed by atoms with Gasteiger partial charge < -0.3 is 16.9 Å². The van der Waals surface area contributed by atoms with Crippen molar-refractivity contribution in [1.29, 1.82) is 0 Å². The Morgan fingerprint density at radius 3 is 2.56 bits per heavy atom. The summed E-state index contributed by atoms with van der Waals surface area (Å²) in [7, 11) is 0. The van der Waals surface area contributed by atoms with Gasteiger partial charge in [0.15, 0.2) is 0 Å². The van der Waals surface area contributed by atoms with Gasteiger partial charge >= 0.3 is 0 Å². The molecule has 0 radical (unpaired) electrons. The van der Waals surface area contributed by atoms with Crippen LogP contribution in [0.3, 0.4) is 0 Å². The fourth-order valence-electron chi connectivity index (χ4n) is 1.33. The molecule has 16 heavy (non-hydrogen) atoms. The molecule has 4 nitrogen and oxygen atoms in total. The van der Waals surface area contributed by atoms with E-state index < -0.39 is 0 Å². The van der Waals surface area contributed by atoms with Gasteiger partial charge in [-0.25, -0.2) is 4.39 Å². The number of benzene rings is 1. The van der Waals surface area contributed by atoms with Crippen LogP contribution in [-0.4, -0.2) is 25.3 Å². The zero-order chi connectivity index (χ0) is 11.8. The molecule has 0 saturated carbocycles. The van der Waals surface area contributed by atoms with Crippen LogP contribution in [0.1, 0.15) is 5.56 Å². The molecule has 0 atom stereocenters. The average molecular weight is 224 g/mol. The summed E-state index contributed by atoms with van der Waals surface area (Å²) in [6, 6.07) is 6.31. The first-order valence-electron chi connectivity index (χ1n) is 5.17. The molecule has 0 fully saturated rings. The second kappa shape index (κ2) is 6.92. The van der Waals surface area contributed by atoms with Gasteiger partial charge in [0, 0.05) is 26.1 Å². The molecule has 0 amide bonds. The molecule has 5 N–H and O–H groups in total. The minimum Gasteiger partial charge on any atom is -0.329 e. The topological polar surface area (TPSA) is 76.4 Å². The van der Waals surface area contributed by atoms with E-state index in [1.54, 1.807) is 12.1 Å². The van der Waals surface area contributed by atoms with Gasteiger partial charge in [-0.05, 0) is 17.7 Å². The third kappa shape index (κ3) is 4.37. The van der Waals surface area contributed by atoms with Crippen LogP contribution in [-0.2, 0) is 6.42 Å². The quantitative estimate of drug-likeness (QED) is 0.280. The summed E-state index contributed by atoms with van der Waals surface area (Å²) in [5.74, 6) is 5.04. The smallest absolute Gasteiger partial charge is 0.123 e. The minimum atomic E-state index is -0.240. The lowest BCUT2D eigenvalue weighted by Gasteiger charge is -2.06. The fraction of sp³-hybridized carbons (Fsp3) is 0.364. The minimum absolute atomic E-state index is 0.240. The summed E-state index contributed by atoms with van der Waals surface area (Å²) < 4.78 is 12.7. The van der Waals surface area contributed by atoms with Crippen LogP contribution in [0.5, 0.6) is 0 Å². The average Bonchev–Trinajstić information content (AvgIpc) is 2.31. The van der Waals surface area contributed by atoms with Crippen LogP contribution in [0.15, 0.2) is 29.4 Å². The highest BCUT2D eigenvalue weighted by molar-refractivity contribution is 5.88. The number of hydrazone groups is 1. The van der Waals surface area contributed by atoms with E-state index in [0.29, 0.717) is 19.5 Å². The lowest BCUT2D eigenvalue weighted by molar-refractivity contribution is 0.627. The van der Waals surface area contributed by atoms with Crippen molar-refractivity contribution in [3.8, 4) is 0 Å². The predicted octanol–water partition coefficient (Wildman–Crippen LogP) is 0.231. The molecule has 0 saturated heterocycles. The fourth-order valence-corrected chi connectivity index (χ4v) is 1.33. The molecule has 5 heteroatoms. The lowest BCUT2D eigenvalue weighted by atomic mass is 10.1. The van der Waals surface area contributed by atoms with Crippen LogP contribution >= 0.6 is 0 Å². The zero-order valence-electron chi connectivity index (χ0n) is 9.12. The highest BCUT2D eigenvalue weighted by atomic mass is 19.1. The van der Waals surface area contributed by atoms with Crippen molar-refractivity contribution in [2.24, 2.45) is 16.7 Å². The Labute approximate surface area is 94.5 Å². The van der Waals surface area contributed by atoms with Crippen LogP contribution in [0, 0.1) is 5.82 Å². The first kappa shape index (κ1) is 12.6. The Bertz CT molecular complexity index is 334. The van der Waals surface area contributed by atoms with E-state index in [-0.39, 0.29) is 5.82 Å². The molecule has 0 unspecified atom stereocenters. The van der Waals surface area contributed by atoms with E-state index in [4.69, 9.17) is 11.6 Å². The zero-order valence-corrected chi connectivity index (χ0v) is 9.12. The molecule has 0 aliphatic carbocycles. The maximum atomic E-state index is 12.7. The first-order chi connectivity index (χ1) is 7.76. The molecule has 0 aliphatic rings. The number of hydrogen-bond acceptors (Lipinski definition) is 4. The summed E-state index contributed by atoms with van der Waals surface area (Å²) in [4.78, 5) is 0. The van der Waals surface area contributed by atoms with Crippen LogP contribution < -0.4 is 16.9 Å². The van der Waals surface area contributed by atoms with Gasteiger partial charge in [-0.15, -0.1) is 0 Å². The number of nitrogens with one attached hydrogen (secondary N) is 1. The van der Waals surface area contributed by atoms with Crippen LogP contribution in [0.4, 0.5) is 4.39 Å². The molecule has 0 aromatic heterocycles. The summed E-state index contributed by atoms with van der Waals surface area (Å²) in [5.41, 5.74) is 7.16. The van der Waals surface area contributed by atoms with Crippen molar-refractivity contribution < 1.29 is 4.39 Å². The Morgan fingerprint density at radius 1 is 1.31 bits per heavy atom. The van der Waals surface area contributed by atoms with Gasteiger partial charge in [0.25, 0.3) is 0 Å². The Morgan fingerprint density at radius 2 is 2.00 bits per heavy atom. The largest absolute Gasteiger partial charge is 0.329 e. The molecular weight excluding hydrogens is 207 g/mol. The molecule has 0 spiro atoms. The molecule has 0 aliphatic heterocycles. The van der Waals surface area contributed by atoms with Gasteiger partial charge in [0.2, 0.25) is 0 Å². The number of nitrogens with zero attached hydrogens (tertiary/aromatic N) is 1. The summed E-state index contributed by atoms with van der Waals surface area (Å²) >= 11 is 0. The maximum Gasteiger partial charge on any atom is 0.123 e. The number of rotatable bonds is 6. The Balaban J connectivity index is 2.47. The van der Waals surface area contributed by atoms with Crippen molar-refractivity contribution in [1.82, 2.24) is 5.32 Å². The lowest BCUT2D eigenvalue weighted by Crippen LogP contribution is -2.29.